The van der Waals surface area contributed by atoms with Gasteiger partial charge in [0.25, 0.3) is 0 Å². The van der Waals surface area contributed by atoms with Crippen molar-refractivity contribution in [2.24, 2.45) is 5.92 Å². The lowest BCUT2D eigenvalue weighted by Gasteiger charge is -2.34. The maximum atomic E-state index is 12.7. The summed E-state index contributed by atoms with van der Waals surface area (Å²) in [4.78, 5) is 15.1. The normalized spacial score (nSPS) is 31.9. The van der Waals surface area contributed by atoms with Crippen molar-refractivity contribution in [3.63, 3.8) is 0 Å². The fourth-order valence-corrected chi connectivity index (χ4v) is 5.19. The van der Waals surface area contributed by atoms with E-state index in [1.54, 1.807) is 5.56 Å². The van der Waals surface area contributed by atoms with Gasteiger partial charge in [-0.15, -0.1) is 0 Å². The highest BCUT2D eigenvalue weighted by Gasteiger charge is 2.57. The van der Waals surface area contributed by atoms with Gasteiger partial charge >= 0.3 is 0 Å². The molecule has 2 fully saturated rings. The lowest BCUT2D eigenvalue weighted by atomic mass is 9.95. The molecule has 130 valence electrons. The third-order valence-electron chi connectivity index (χ3n) is 6.58. The van der Waals surface area contributed by atoms with Crippen LogP contribution in [0.4, 0.5) is 0 Å². The van der Waals surface area contributed by atoms with E-state index in [4.69, 9.17) is 0 Å². The Bertz CT molecular complexity index is 612. The van der Waals surface area contributed by atoms with E-state index >= 15 is 0 Å². The van der Waals surface area contributed by atoms with Crippen molar-refractivity contribution >= 4 is 5.91 Å². The summed E-state index contributed by atoms with van der Waals surface area (Å²) in [5.74, 6) is 0.921. The van der Waals surface area contributed by atoms with Gasteiger partial charge in [0.05, 0.1) is 6.04 Å². The van der Waals surface area contributed by atoms with E-state index in [0.29, 0.717) is 11.3 Å². The van der Waals surface area contributed by atoms with Gasteiger partial charge in [0.2, 0.25) is 5.91 Å². The third kappa shape index (κ3) is 2.77. The van der Waals surface area contributed by atoms with Gasteiger partial charge < -0.3 is 5.32 Å². The molecule has 3 heteroatoms. The Balaban J connectivity index is 1.34. The van der Waals surface area contributed by atoms with E-state index in [1.165, 1.54) is 37.7 Å². The molecule has 1 aromatic carbocycles. The van der Waals surface area contributed by atoms with Crippen LogP contribution in [-0.2, 0) is 16.6 Å². The van der Waals surface area contributed by atoms with Crippen molar-refractivity contribution in [3.8, 4) is 0 Å². The summed E-state index contributed by atoms with van der Waals surface area (Å²) in [6, 6.07) is 9.04. The highest BCUT2D eigenvalue weighted by atomic mass is 16.2. The standard InChI is InChI=1S/C21H30N2O/c1-2-12-23-13-6-5-9-19(23)20(24)22-15-17-14-21(17)11-10-16-7-3-4-8-18(16)21/h3-4,7-8,17,19H,2,5-6,9-15H2,1H3,(H,22,24)/t17-,19-,21+/m1/s1. The number of hydrogen-bond acceptors (Lipinski definition) is 2. The zero-order chi connectivity index (χ0) is 16.6. The molecule has 0 bridgehead atoms. The first kappa shape index (κ1) is 16.1. The number of hydrogen-bond donors (Lipinski definition) is 1. The van der Waals surface area contributed by atoms with Crippen LogP contribution in [0.1, 0.15) is 56.6 Å². The zero-order valence-corrected chi connectivity index (χ0v) is 14.9. The highest BCUT2D eigenvalue weighted by Crippen LogP contribution is 2.61. The molecule has 3 atom stereocenters. The maximum Gasteiger partial charge on any atom is 0.237 e. The van der Waals surface area contributed by atoms with Crippen molar-refractivity contribution in [2.45, 2.75) is 63.3 Å². The zero-order valence-electron chi connectivity index (χ0n) is 14.9. The number of fused-ring (bicyclic) bond motifs is 2. The summed E-state index contributed by atoms with van der Waals surface area (Å²) in [5, 5.41) is 3.30. The van der Waals surface area contributed by atoms with Crippen molar-refractivity contribution in [1.82, 2.24) is 10.2 Å². The van der Waals surface area contributed by atoms with E-state index in [2.05, 4.69) is 41.4 Å². The van der Waals surface area contributed by atoms with Crippen molar-refractivity contribution in [3.05, 3.63) is 35.4 Å². The number of piperidine rings is 1. The number of carbonyl (C=O) groups excluding carboxylic acids is 1. The second-order valence-corrected chi connectivity index (χ2v) is 8.01. The third-order valence-corrected chi connectivity index (χ3v) is 6.58. The van der Waals surface area contributed by atoms with Gasteiger partial charge in [-0.05, 0) is 68.7 Å². The average molecular weight is 326 g/mol. The summed E-state index contributed by atoms with van der Waals surface area (Å²) >= 11 is 0. The molecule has 0 radical (unpaired) electrons. The molecule has 1 heterocycles. The molecule has 1 saturated carbocycles. The Labute approximate surface area is 145 Å². The predicted molar refractivity (Wildman–Crippen MR) is 97.1 cm³/mol. The largest absolute Gasteiger partial charge is 0.354 e. The molecule has 1 amide bonds. The second-order valence-electron chi connectivity index (χ2n) is 8.01. The topological polar surface area (TPSA) is 32.3 Å². The predicted octanol–water partition coefficient (Wildman–Crippen LogP) is 3.27. The molecular formula is C21H30N2O. The molecule has 1 aliphatic heterocycles. The van der Waals surface area contributed by atoms with Gasteiger partial charge in [-0.2, -0.15) is 0 Å². The Morgan fingerprint density at radius 2 is 2.21 bits per heavy atom. The molecular weight excluding hydrogens is 296 g/mol. The molecule has 0 aromatic heterocycles. The molecule has 1 aromatic rings. The fraction of sp³-hybridized carbons (Fsp3) is 0.667. The van der Waals surface area contributed by atoms with Crippen LogP contribution < -0.4 is 5.32 Å². The number of benzene rings is 1. The number of nitrogens with one attached hydrogen (secondary N) is 1. The molecule has 0 unspecified atom stereocenters. The Hall–Kier alpha value is -1.35. The average Bonchev–Trinajstić information content (AvgIpc) is 3.20. The molecule has 3 nitrogen and oxygen atoms in total. The fourth-order valence-electron chi connectivity index (χ4n) is 5.19. The first-order valence-electron chi connectivity index (χ1n) is 9.85. The maximum absolute atomic E-state index is 12.7. The Kier molecular flexibility index (Phi) is 4.38. The molecule has 1 saturated heterocycles. The molecule has 3 aliphatic rings. The molecule has 2 aliphatic carbocycles. The number of aryl methyl sites for hydroxylation is 1. The van der Waals surface area contributed by atoms with Gasteiger partial charge in [-0.25, -0.2) is 0 Å². The Morgan fingerprint density at radius 1 is 1.33 bits per heavy atom. The number of amides is 1. The van der Waals surface area contributed by atoms with Crippen LogP contribution in [0.2, 0.25) is 0 Å². The summed E-state index contributed by atoms with van der Waals surface area (Å²) in [6.45, 7) is 5.21. The molecule has 24 heavy (non-hydrogen) atoms. The lowest BCUT2D eigenvalue weighted by Crippen LogP contribution is -2.50. The smallest absolute Gasteiger partial charge is 0.237 e. The van der Waals surface area contributed by atoms with Crippen molar-refractivity contribution in [1.29, 1.82) is 0 Å². The highest BCUT2D eigenvalue weighted by molar-refractivity contribution is 5.81. The van der Waals surface area contributed by atoms with E-state index in [-0.39, 0.29) is 11.9 Å². The number of carbonyl (C=O) groups is 1. The second kappa shape index (κ2) is 6.51. The first-order chi connectivity index (χ1) is 11.7. The lowest BCUT2D eigenvalue weighted by molar-refractivity contribution is -0.127. The quantitative estimate of drug-likeness (QED) is 0.901. The van der Waals surface area contributed by atoms with E-state index in [9.17, 15) is 4.79 Å². The van der Waals surface area contributed by atoms with Crippen LogP contribution in [-0.4, -0.2) is 36.5 Å². The van der Waals surface area contributed by atoms with Crippen molar-refractivity contribution in [2.75, 3.05) is 19.6 Å². The Morgan fingerprint density at radius 3 is 3.08 bits per heavy atom. The summed E-state index contributed by atoms with van der Waals surface area (Å²) in [6.07, 6.45) is 8.35. The minimum Gasteiger partial charge on any atom is -0.354 e. The number of likely N-dealkylation sites (tertiary alicyclic amines) is 1. The van der Waals surface area contributed by atoms with E-state index < -0.39 is 0 Å². The summed E-state index contributed by atoms with van der Waals surface area (Å²) in [5.41, 5.74) is 3.49. The summed E-state index contributed by atoms with van der Waals surface area (Å²) in [7, 11) is 0. The SMILES string of the molecule is CCCN1CCCC[C@@H]1C(=O)NC[C@H]1C[C@@]12CCc1ccccc12. The van der Waals surface area contributed by atoms with Gasteiger partial charge in [0.1, 0.15) is 0 Å². The number of nitrogens with zero attached hydrogens (tertiary/aromatic N) is 1. The van der Waals surface area contributed by atoms with E-state index in [0.717, 1.165) is 32.5 Å². The van der Waals surface area contributed by atoms with Crippen LogP contribution in [0, 0.1) is 5.92 Å². The summed E-state index contributed by atoms with van der Waals surface area (Å²) < 4.78 is 0. The monoisotopic (exact) mass is 326 g/mol. The molecule has 1 N–H and O–H groups in total. The van der Waals surface area contributed by atoms with Crippen LogP contribution >= 0.6 is 0 Å². The van der Waals surface area contributed by atoms with Crippen LogP contribution in [0.25, 0.3) is 0 Å². The minimum atomic E-state index is 0.115. The molecule has 1 spiro atoms. The van der Waals surface area contributed by atoms with Crippen LogP contribution in [0.3, 0.4) is 0 Å². The minimum absolute atomic E-state index is 0.115. The number of rotatable bonds is 5. The van der Waals surface area contributed by atoms with Gasteiger partial charge in [-0.3, -0.25) is 9.69 Å². The first-order valence-corrected chi connectivity index (χ1v) is 9.85. The van der Waals surface area contributed by atoms with Gasteiger partial charge in [-0.1, -0.05) is 37.6 Å². The van der Waals surface area contributed by atoms with E-state index in [1.807, 2.05) is 0 Å². The van der Waals surface area contributed by atoms with Gasteiger partial charge in [0, 0.05) is 12.0 Å². The van der Waals surface area contributed by atoms with Gasteiger partial charge in [0.15, 0.2) is 0 Å². The van der Waals surface area contributed by atoms with Crippen LogP contribution in [0.15, 0.2) is 24.3 Å². The van der Waals surface area contributed by atoms with Crippen molar-refractivity contribution < 1.29 is 4.79 Å². The van der Waals surface area contributed by atoms with Crippen LogP contribution in [0.5, 0.6) is 0 Å². The molecule has 4 rings (SSSR count).